The molecule has 0 aliphatic carbocycles. The van der Waals surface area contributed by atoms with Gasteiger partial charge in [-0.05, 0) is 51.3 Å². The maximum Gasteiger partial charge on any atom is 0.251 e. The number of benzene rings is 1. The molecular weight excluding hydrogens is 388 g/mol. The molecule has 1 rings (SSSR count). The molecule has 134 valence electrons. The summed E-state index contributed by atoms with van der Waals surface area (Å²) >= 11 is 5.15. The van der Waals surface area contributed by atoms with Crippen LogP contribution < -0.4 is 16.0 Å². The van der Waals surface area contributed by atoms with Crippen molar-refractivity contribution in [2.75, 3.05) is 32.4 Å². The Labute approximate surface area is 157 Å². The van der Waals surface area contributed by atoms with E-state index in [1.54, 1.807) is 23.9 Å². The van der Waals surface area contributed by atoms with Gasteiger partial charge in [0.2, 0.25) is 0 Å². The van der Waals surface area contributed by atoms with Crippen molar-refractivity contribution in [3.05, 3.63) is 34.3 Å². The van der Waals surface area contributed by atoms with Gasteiger partial charge >= 0.3 is 0 Å². The number of carbonyl (C=O) groups excluding carboxylic acids is 1. The van der Waals surface area contributed by atoms with E-state index in [0.29, 0.717) is 18.7 Å². The van der Waals surface area contributed by atoms with E-state index in [-0.39, 0.29) is 10.7 Å². The molecule has 0 fully saturated rings. The van der Waals surface area contributed by atoms with Crippen LogP contribution in [0.25, 0.3) is 0 Å². The fourth-order valence-electron chi connectivity index (χ4n) is 1.74. The van der Waals surface area contributed by atoms with Crippen molar-refractivity contribution in [3.63, 3.8) is 0 Å². The van der Waals surface area contributed by atoms with Crippen LogP contribution in [-0.2, 0) is 0 Å². The van der Waals surface area contributed by atoms with E-state index in [0.717, 1.165) is 23.5 Å². The van der Waals surface area contributed by atoms with Crippen LogP contribution in [0.15, 0.2) is 33.7 Å². The van der Waals surface area contributed by atoms with E-state index in [4.69, 9.17) is 0 Å². The summed E-state index contributed by atoms with van der Waals surface area (Å²) in [5, 5.41) is 9.35. The van der Waals surface area contributed by atoms with Gasteiger partial charge in [0.05, 0.1) is 6.54 Å². The zero-order valence-corrected chi connectivity index (χ0v) is 17.2. The van der Waals surface area contributed by atoms with Gasteiger partial charge in [0.15, 0.2) is 5.96 Å². The quantitative estimate of drug-likeness (QED) is 0.347. The Morgan fingerprint density at radius 3 is 2.38 bits per heavy atom. The Hall–Kier alpha value is -1.21. The smallest absolute Gasteiger partial charge is 0.251 e. The molecule has 0 unspecified atom stereocenters. The van der Waals surface area contributed by atoms with E-state index < -0.39 is 0 Å². The molecule has 0 saturated heterocycles. The van der Waals surface area contributed by atoms with Crippen molar-refractivity contribution in [1.29, 1.82) is 0 Å². The Kier molecular flexibility index (Phi) is 9.21. The summed E-state index contributed by atoms with van der Waals surface area (Å²) in [7, 11) is 0. The van der Waals surface area contributed by atoms with Crippen molar-refractivity contribution in [1.82, 2.24) is 16.0 Å². The van der Waals surface area contributed by atoms with Crippen LogP contribution in [0.5, 0.6) is 0 Å². The molecule has 5 nitrogen and oxygen atoms in total. The zero-order valence-electron chi connectivity index (χ0n) is 14.8. The monoisotopic (exact) mass is 414 g/mol. The molecule has 7 heteroatoms. The Bertz CT molecular complexity index is 546. The normalized spacial score (nSPS) is 12.0. The first kappa shape index (κ1) is 20.8. The highest BCUT2D eigenvalue weighted by atomic mass is 79.9. The van der Waals surface area contributed by atoms with Gasteiger partial charge in [-0.1, -0.05) is 15.9 Å². The largest absolute Gasteiger partial charge is 0.357 e. The molecule has 3 N–H and O–H groups in total. The van der Waals surface area contributed by atoms with Gasteiger partial charge in [0.25, 0.3) is 5.91 Å². The predicted molar refractivity (Wildman–Crippen MR) is 108 cm³/mol. The number of thioether (sulfide) groups is 1. The number of amides is 1. The van der Waals surface area contributed by atoms with Gasteiger partial charge in [-0.3, -0.25) is 9.79 Å². The summed E-state index contributed by atoms with van der Waals surface area (Å²) in [6.07, 6.45) is 2.09. The standard InChI is InChI=1S/C17H27BrN4OS/c1-5-19-16(22-12-17(2,3)24-4)21-11-10-20-15(23)13-6-8-14(18)9-7-13/h6-9H,5,10-12H2,1-4H3,(H,20,23)(H2,19,21,22). The molecule has 1 aromatic rings. The van der Waals surface area contributed by atoms with E-state index in [1.165, 1.54) is 0 Å². The van der Waals surface area contributed by atoms with E-state index in [1.807, 2.05) is 19.1 Å². The fraction of sp³-hybridized carbons (Fsp3) is 0.529. The summed E-state index contributed by atoms with van der Waals surface area (Å²) in [5.41, 5.74) is 0.653. The summed E-state index contributed by atoms with van der Waals surface area (Å²) in [6.45, 7) is 9.06. The number of aliphatic imine (C=N–C) groups is 1. The number of hydrogen-bond acceptors (Lipinski definition) is 3. The SMILES string of the molecule is CCNC(=NCC(C)(C)SC)NCCNC(=O)c1ccc(Br)cc1. The summed E-state index contributed by atoms with van der Waals surface area (Å²) < 4.78 is 1.07. The van der Waals surface area contributed by atoms with Crippen LogP contribution in [0.4, 0.5) is 0 Å². The van der Waals surface area contributed by atoms with E-state index >= 15 is 0 Å². The van der Waals surface area contributed by atoms with Gasteiger partial charge in [-0.2, -0.15) is 11.8 Å². The average molecular weight is 415 g/mol. The third kappa shape index (κ3) is 8.06. The first-order chi connectivity index (χ1) is 11.4. The highest BCUT2D eigenvalue weighted by molar-refractivity contribution is 9.10. The van der Waals surface area contributed by atoms with Crippen molar-refractivity contribution in [3.8, 4) is 0 Å². The predicted octanol–water partition coefficient (Wildman–Crippen LogP) is 2.88. The lowest BCUT2D eigenvalue weighted by Gasteiger charge is -2.20. The number of hydrogen-bond donors (Lipinski definition) is 3. The molecule has 0 aliphatic rings. The molecule has 0 saturated carbocycles. The third-order valence-corrected chi connectivity index (χ3v) is 5.09. The maximum atomic E-state index is 12.0. The Morgan fingerprint density at radius 2 is 1.79 bits per heavy atom. The molecule has 0 atom stereocenters. The molecule has 24 heavy (non-hydrogen) atoms. The van der Waals surface area contributed by atoms with Crippen molar-refractivity contribution < 1.29 is 4.79 Å². The Morgan fingerprint density at radius 1 is 1.17 bits per heavy atom. The first-order valence-corrected chi connectivity index (χ1v) is 10.0. The number of carbonyl (C=O) groups is 1. The average Bonchev–Trinajstić information content (AvgIpc) is 2.57. The fourth-order valence-corrected chi connectivity index (χ4v) is 2.19. The maximum absolute atomic E-state index is 12.0. The highest BCUT2D eigenvalue weighted by Crippen LogP contribution is 2.20. The van der Waals surface area contributed by atoms with Crippen LogP contribution in [0, 0.1) is 0 Å². The minimum atomic E-state index is -0.0743. The molecule has 0 aromatic heterocycles. The number of nitrogens with one attached hydrogen (secondary N) is 3. The second-order valence-electron chi connectivity index (χ2n) is 5.85. The molecule has 0 radical (unpaired) electrons. The van der Waals surface area contributed by atoms with Crippen LogP contribution >= 0.6 is 27.7 Å². The molecule has 1 aromatic carbocycles. The lowest BCUT2D eigenvalue weighted by Crippen LogP contribution is -2.42. The van der Waals surface area contributed by atoms with Gasteiger partial charge in [-0.15, -0.1) is 0 Å². The number of guanidine groups is 1. The van der Waals surface area contributed by atoms with Crippen LogP contribution in [0.3, 0.4) is 0 Å². The molecule has 0 spiro atoms. The summed E-state index contributed by atoms with van der Waals surface area (Å²) in [4.78, 5) is 16.6. The van der Waals surface area contributed by atoms with Gasteiger partial charge in [-0.25, -0.2) is 0 Å². The number of rotatable bonds is 8. The highest BCUT2D eigenvalue weighted by Gasteiger charge is 2.15. The first-order valence-electron chi connectivity index (χ1n) is 7.99. The topological polar surface area (TPSA) is 65.5 Å². The summed E-state index contributed by atoms with van der Waals surface area (Å²) in [6, 6.07) is 7.30. The summed E-state index contributed by atoms with van der Waals surface area (Å²) in [5.74, 6) is 0.701. The van der Waals surface area contributed by atoms with Gasteiger partial charge in [0, 0.05) is 34.4 Å². The molecule has 1 amide bonds. The van der Waals surface area contributed by atoms with Crippen molar-refractivity contribution >= 4 is 39.6 Å². The van der Waals surface area contributed by atoms with Gasteiger partial charge in [0.1, 0.15) is 0 Å². The van der Waals surface area contributed by atoms with Crippen molar-refractivity contribution in [2.24, 2.45) is 4.99 Å². The van der Waals surface area contributed by atoms with Crippen molar-refractivity contribution in [2.45, 2.75) is 25.5 Å². The number of halogens is 1. The second kappa shape index (κ2) is 10.6. The van der Waals surface area contributed by atoms with Gasteiger partial charge < -0.3 is 16.0 Å². The van der Waals surface area contributed by atoms with Crippen LogP contribution in [0.1, 0.15) is 31.1 Å². The minimum absolute atomic E-state index is 0.0743. The minimum Gasteiger partial charge on any atom is -0.357 e. The molecular formula is C17H27BrN4OS. The molecule has 0 aliphatic heterocycles. The zero-order chi connectivity index (χ0) is 18.0. The van der Waals surface area contributed by atoms with Crippen LogP contribution in [0.2, 0.25) is 0 Å². The Balaban J connectivity index is 2.41. The number of nitrogens with zero attached hydrogens (tertiary/aromatic N) is 1. The van der Waals surface area contributed by atoms with E-state index in [2.05, 4.69) is 57.0 Å². The second-order valence-corrected chi connectivity index (χ2v) is 8.28. The lowest BCUT2D eigenvalue weighted by molar-refractivity contribution is 0.0954. The van der Waals surface area contributed by atoms with Crippen LogP contribution in [-0.4, -0.2) is 49.0 Å². The lowest BCUT2D eigenvalue weighted by atomic mass is 10.2. The van der Waals surface area contributed by atoms with E-state index in [9.17, 15) is 4.79 Å². The molecule has 0 heterocycles. The molecule has 0 bridgehead atoms. The third-order valence-electron chi connectivity index (χ3n) is 3.32.